The van der Waals surface area contributed by atoms with Gasteiger partial charge in [-0.15, -0.1) is 0 Å². The van der Waals surface area contributed by atoms with Crippen molar-refractivity contribution in [1.29, 1.82) is 0 Å². The summed E-state index contributed by atoms with van der Waals surface area (Å²) < 4.78 is 7.60. The van der Waals surface area contributed by atoms with Crippen LogP contribution < -0.4 is 0 Å². The summed E-state index contributed by atoms with van der Waals surface area (Å²) in [5.74, 6) is 0. The highest BCUT2D eigenvalue weighted by molar-refractivity contribution is 14.1. The first-order valence-corrected chi connectivity index (χ1v) is 8.01. The quantitative estimate of drug-likeness (QED) is 0.294. The van der Waals surface area contributed by atoms with E-state index in [0.29, 0.717) is 3.70 Å². The van der Waals surface area contributed by atoms with Crippen LogP contribution in [-0.2, 0) is 4.74 Å². The SMILES string of the molecule is CC=C=C(I)N(Sc1ccccc1)C(=O)OC(C)(C)C. The molecule has 0 unspecified atom stereocenters. The second kappa shape index (κ2) is 7.76. The molecule has 0 atom stereocenters. The maximum absolute atomic E-state index is 12.3. The minimum absolute atomic E-state index is 0.398. The molecule has 0 aromatic heterocycles. The number of hydrogen-bond donors (Lipinski definition) is 0. The van der Waals surface area contributed by atoms with E-state index in [1.54, 1.807) is 6.08 Å². The summed E-state index contributed by atoms with van der Waals surface area (Å²) in [6.45, 7) is 7.41. The number of halogens is 1. The lowest BCUT2D eigenvalue weighted by atomic mass is 10.2. The van der Waals surface area contributed by atoms with Gasteiger partial charge in [0, 0.05) is 4.90 Å². The maximum Gasteiger partial charge on any atom is 0.426 e. The molecule has 0 aliphatic heterocycles. The Kier molecular flexibility index (Phi) is 6.65. The van der Waals surface area contributed by atoms with Crippen molar-refractivity contribution in [1.82, 2.24) is 4.31 Å². The molecular formula is C15H18INO2S. The van der Waals surface area contributed by atoms with Crippen LogP contribution in [0.25, 0.3) is 0 Å². The third-order valence-corrected chi connectivity index (χ3v) is 4.06. The van der Waals surface area contributed by atoms with Gasteiger partial charge in [0.25, 0.3) is 0 Å². The highest BCUT2D eigenvalue weighted by Crippen LogP contribution is 2.30. The van der Waals surface area contributed by atoms with E-state index in [1.807, 2.05) is 58.0 Å². The molecule has 0 fully saturated rings. The highest BCUT2D eigenvalue weighted by Gasteiger charge is 2.25. The zero-order valence-corrected chi connectivity index (χ0v) is 15.0. The average molecular weight is 403 g/mol. The summed E-state index contributed by atoms with van der Waals surface area (Å²) in [4.78, 5) is 13.2. The second-order valence-corrected chi connectivity index (χ2v) is 6.94. The lowest BCUT2D eigenvalue weighted by Crippen LogP contribution is -2.31. The molecule has 1 aromatic carbocycles. The molecule has 0 saturated heterocycles. The van der Waals surface area contributed by atoms with Crippen molar-refractivity contribution < 1.29 is 9.53 Å². The van der Waals surface area contributed by atoms with E-state index in [0.717, 1.165) is 4.90 Å². The molecule has 1 amide bonds. The molecule has 5 heteroatoms. The Balaban J connectivity index is 2.98. The molecule has 20 heavy (non-hydrogen) atoms. The number of benzene rings is 1. The number of amides is 1. The summed E-state index contributed by atoms with van der Waals surface area (Å²) in [5.41, 5.74) is 2.49. The first-order chi connectivity index (χ1) is 9.33. The number of nitrogens with zero attached hydrogens (tertiary/aromatic N) is 1. The Morgan fingerprint density at radius 2 is 1.95 bits per heavy atom. The van der Waals surface area contributed by atoms with Crippen LogP contribution in [0.3, 0.4) is 0 Å². The van der Waals surface area contributed by atoms with Crippen LogP contribution in [0.15, 0.2) is 50.7 Å². The molecule has 0 radical (unpaired) electrons. The first-order valence-electron chi connectivity index (χ1n) is 6.16. The maximum atomic E-state index is 12.3. The third kappa shape index (κ3) is 6.03. The van der Waals surface area contributed by atoms with Crippen LogP contribution in [0.2, 0.25) is 0 Å². The van der Waals surface area contributed by atoms with E-state index in [-0.39, 0.29) is 0 Å². The fourth-order valence-electron chi connectivity index (χ4n) is 1.23. The molecule has 0 spiro atoms. The van der Waals surface area contributed by atoms with Gasteiger partial charge in [-0.25, -0.2) is 9.10 Å². The number of allylic oxidation sites excluding steroid dienone is 1. The molecule has 0 N–H and O–H groups in total. The van der Waals surface area contributed by atoms with Gasteiger partial charge in [0.2, 0.25) is 0 Å². The van der Waals surface area contributed by atoms with E-state index < -0.39 is 11.7 Å². The summed E-state index contributed by atoms with van der Waals surface area (Å²) in [5, 5.41) is 0. The first kappa shape index (κ1) is 17.1. The summed E-state index contributed by atoms with van der Waals surface area (Å²) in [7, 11) is 0. The smallest absolute Gasteiger partial charge is 0.426 e. The average Bonchev–Trinajstić information content (AvgIpc) is 2.35. The van der Waals surface area contributed by atoms with Gasteiger partial charge >= 0.3 is 6.09 Å². The standard InChI is InChI=1S/C15H18INO2S/c1-5-9-13(16)17(14(18)19-15(2,3)4)20-12-10-7-6-8-11-12/h5-8,10-11H,1-4H3. The van der Waals surface area contributed by atoms with Gasteiger partial charge in [-0.2, -0.15) is 0 Å². The minimum Gasteiger partial charge on any atom is -0.443 e. The Morgan fingerprint density at radius 1 is 1.35 bits per heavy atom. The molecular weight excluding hydrogens is 385 g/mol. The fourth-order valence-corrected chi connectivity index (χ4v) is 2.76. The predicted molar refractivity (Wildman–Crippen MR) is 91.7 cm³/mol. The van der Waals surface area contributed by atoms with Gasteiger partial charge < -0.3 is 4.74 Å². The Hall–Kier alpha value is -0.910. The van der Waals surface area contributed by atoms with Crippen molar-refractivity contribution in [3.63, 3.8) is 0 Å². The number of ether oxygens (including phenoxy) is 1. The molecule has 0 aliphatic carbocycles. The van der Waals surface area contributed by atoms with Crippen LogP contribution in [-0.4, -0.2) is 16.0 Å². The van der Waals surface area contributed by atoms with Gasteiger partial charge in [-0.1, -0.05) is 23.9 Å². The molecule has 0 saturated carbocycles. The summed E-state index contributed by atoms with van der Waals surface area (Å²) >= 11 is 3.39. The normalized spacial score (nSPS) is 10.4. The second-order valence-electron chi connectivity index (χ2n) is 4.90. The monoisotopic (exact) mass is 403 g/mol. The van der Waals surface area contributed by atoms with Crippen LogP contribution in [0, 0.1) is 0 Å². The highest BCUT2D eigenvalue weighted by atomic mass is 127. The zero-order chi connectivity index (χ0) is 15.2. The summed E-state index contributed by atoms with van der Waals surface area (Å²) in [6.07, 6.45) is 1.37. The van der Waals surface area contributed by atoms with Gasteiger partial charge in [0.15, 0.2) is 0 Å². The van der Waals surface area contributed by atoms with Gasteiger partial charge in [-0.05, 0) is 80.4 Å². The van der Waals surface area contributed by atoms with Crippen LogP contribution in [0.5, 0.6) is 0 Å². The van der Waals surface area contributed by atoms with E-state index in [1.165, 1.54) is 16.3 Å². The van der Waals surface area contributed by atoms with Gasteiger partial charge in [0.1, 0.15) is 9.30 Å². The van der Waals surface area contributed by atoms with E-state index >= 15 is 0 Å². The van der Waals surface area contributed by atoms with Gasteiger partial charge in [-0.3, -0.25) is 0 Å². The van der Waals surface area contributed by atoms with Crippen LogP contribution >= 0.6 is 34.5 Å². The topological polar surface area (TPSA) is 29.5 Å². The minimum atomic E-state index is -0.528. The molecule has 1 rings (SSSR count). The van der Waals surface area contributed by atoms with E-state index in [4.69, 9.17) is 4.74 Å². The number of rotatable bonds is 3. The Bertz CT molecular complexity index is 516. The van der Waals surface area contributed by atoms with Gasteiger partial charge in [0.05, 0.1) is 0 Å². The van der Waals surface area contributed by atoms with E-state index in [2.05, 4.69) is 28.3 Å². The van der Waals surface area contributed by atoms with Crippen molar-refractivity contribution in [2.75, 3.05) is 0 Å². The predicted octanol–water partition coefficient (Wildman–Crippen LogP) is 5.38. The lowest BCUT2D eigenvalue weighted by Gasteiger charge is -2.25. The number of carbonyl (C=O) groups is 1. The molecule has 3 nitrogen and oxygen atoms in total. The molecule has 0 aliphatic rings. The Labute approximate surface area is 138 Å². The number of hydrogen-bond acceptors (Lipinski definition) is 3. The lowest BCUT2D eigenvalue weighted by molar-refractivity contribution is 0.0452. The van der Waals surface area contributed by atoms with E-state index in [9.17, 15) is 4.79 Å². The van der Waals surface area contributed by atoms with Crippen LogP contribution in [0.1, 0.15) is 27.7 Å². The zero-order valence-electron chi connectivity index (χ0n) is 12.0. The van der Waals surface area contributed by atoms with Crippen molar-refractivity contribution in [2.45, 2.75) is 38.2 Å². The molecule has 0 bridgehead atoms. The molecule has 108 valence electrons. The fraction of sp³-hybridized carbons (Fsp3) is 0.333. The van der Waals surface area contributed by atoms with Crippen LogP contribution in [0.4, 0.5) is 4.79 Å². The largest absolute Gasteiger partial charge is 0.443 e. The number of carbonyl (C=O) groups excluding carboxylic acids is 1. The molecule has 1 aromatic rings. The van der Waals surface area contributed by atoms with Crippen molar-refractivity contribution in [2.24, 2.45) is 0 Å². The van der Waals surface area contributed by atoms with Crippen molar-refractivity contribution in [3.05, 3.63) is 45.8 Å². The molecule has 0 heterocycles. The Morgan fingerprint density at radius 3 is 2.45 bits per heavy atom. The third-order valence-electron chi connectivity index (χ3n) is 1.94. The summed E-state index contributed by atoms with van der Waals surface area (Å²) in [6, 6.07) is 9.70. The van der Waals surface area contributed by atoms with Crippen molar-refractivity contribution >= 4 is 40.6 Å². The van der Waals surface area contributed by atoms with Crippen molar-refractivity contribution in [3.8, 4) is 0 Å².